The predicted molar refractivity (Wildman–Crippen MR) is 55.5 cm³/mol. The number of pyridine rings is 1. The summed E-state index contributed by atoms with van der Waals surface area (Å²) in [4.78, 5) is 6.26. The van der Waals surface area contributed by atoms with Crippen LogP contribution in [0.3, 0.4) is 0 Å². The Bertz CT molecular complexity index is 273. The quantitative estimate of drug-likeness (QED) is 0.700. The van der Waals surface area contributed by atoms with Crippen molar-refractivity contribution < 1.29 is 0 Å². The lowest BCUT2D eigenvalue weighted by Gasteiger charge is -2.03. The average Bonchev–Trinajstić information content (AvgIpc) is 2.08. The maximum atomic E-state index is 4.23. The van der Waals surface area contributed by atoms with Crippen molar-refractivity contribution >= 4 is 0 Å². The Balaban J connectivity index is 2.50. The molecular weight excluding hydrogens is 160 g/mol. The fourth-order valence-electron chi connectivity index (χ4n) is 1.02. The van der Waals surface area contributed by atoms with Crippen LogP contribution in [0.5, 0.6) is 0 Å². The van der Waals surface area contributed by atoms with Gasteiger partial charge in [0.05, 0.1) is 0 Å². The van der Waals surface area contributed by atoms with Crippen LogP contribution < -0.4 is 0 Å². The first-order valence-electron chi connectivity index (χ1n) is 4.43. The maximum Gasteiger partial charge on any atom is 0.0372 e. The maximum absolute atomic E-state index is 4.23. The van der Waals surface area contributed by atoms with Gasteiger partial charge < -0.3 is 4.90 Å². The molecule has 1 heterocycles. The molecule has 0 aliphatic carbocycles. The fraction of sp³-hybridized carbons (Fsp3) is 0.364. The first-order valence-corrected chi connectivity index (χ1v) is 4.43. The van der Waals surface area contributed by atoms with Crippen LogP contribution in [-0.4, -0.2) is 24.0 Å². The van der Waals surface area contributed by atoms with Crippen LogP contribution in [0.15, 0.2) is 30.6 Å². The Kier molecular flexibility index (Phi) is 3.50. The van der Waals surface area contributed by atoms with Crippen molar-refractivity contribution in [1.82, 2.24) is 9.88 Å². The summed E-state index contributed by atoms with van der Waals surface area (Å²) in [6.45, 7) is 2.00. The van der Waals surface area contributed by atoms with Crippen LogP contribution in [0, 0.1) is 6.92 Å². The van der Waals surface area contributed by atoms with Gasteiger partial charge in [-0.05, 0) is 31.2 Å². The molecular formula is C11H16N2. The van der Waals surface area contributed by atoms with Gasteiger partial charge in [-0.3, -0.25) is 4.98 Å². The van der Waals surface area contributed by atoms with Crippen molar-refractivity contribution in [2.75, 3.05) is 14.1 Å². The lowest BCUT2D eigenvalue weighted by molar-refractivity contribution is 0.562. The molecule has 1 aromatic rings. The van der Waals surface area contributed by atoms with Crippen molar-refractivity contribution in [3.05, 3.63) is 41.9 Å². The summed E-state index contributed by atoms with van der Waals surface area (Å²) >= 11 is 0. The van der Waals surface area contributed by atoms with Crippen molar-refractivity contribution in [3.63, 3.8) is 0 Å². The van der Waals surface area contributed by atoms with Crippen LogP contribution in [0.2, 0.25) is 0 Å². The average molecular weight is 176 g/mol. The van der Waals surface area contributed by atoms with E-state index in [2.05, 4.69) is 23.3 Å². The van der Waals surface area contributed by atoms with Gasteiger partial charge in [0.15, 0.2) is 0 Å². The molecule has 2 nitrogen and oxygen atoms in total. The van der Waals surface area contributed by atoms with E-state index in [0.29, 0.717) is 0 Å². The molecule has 1 aromatic heterocycles. The lowest BCUT2D eigenvalue weighted by Crippen LogP contribution is -2.00. The van der Waals surface area contributed by atoms with E-state index in [1.807, 2.05) is 38.2 Å². The molecule has 1 rings (SSSR count). The standard InChI is InChI=1S/C11H16N2/c1-10-6-7-11(9-12-10)5-4-8-13(2)3/h4,6-9H,5H2,1-3H3. The van der Waals surface area contributed by atoms with Crippen molar-refractivity contribution in [2.24, 2.45) is 0 Å². The minimum Gasteiger partial charge on any atom is -0.384 e. The molecule has 0 N–H and O–H groups in total. The number of hydrogen-bond acceptors (Lipinski definition) is 2. The summed E-state index contributed by atoms with van der Waals surface area (Å²) in [5.41, 5.74) is 2.32. The van der Waals surface area contributed by atoms with Crippen LogP contribution in [0.25, 0.3) is 0 Å². The number of rotatable bonds is 3. The summed E-state index contributed by atoms with van der Waals surface area (Å²) in [7, 11) is 4.04. The van der Waals surface area contributed by atoms with E-state index in [4.69, 9.17) is 0 Å². The van der Waals surface area contributed by atoms with Gasteiger partial charge in [0.2, 0.25) is 0 Å². The zero-order valence-corrected chi connectivity index (χ0v) is 8.49. The SMILES string of the molecule is Cc1ccc(CC=CN(C)C)cn1. The summed E-state index contributed by atoms with van der Waals surface area (Å²) in [6.07, 6.45) is 7.06. The molecule has 0 saturated carbocycles. The highest BCUT2D eigenvalue weighted by Gasteiger charge is 1.89. The number of hydrogen-bond donors (Lipinski definition) is 0. The van der Waals surface area contributed by atoms with Gasteiger partial charge in [0.1, 0.15) is 0 Å². The molecule has 13 heavy (non-hydrogen) atoms. The van der Waals surface area contributed by atoms with E-state index in [0.717, 1.165) is 12.1 Å². The second-order valence-corrected chi connectivity index (χ2v) is 3.36. The van der Waals surface area contributed by atoms with Gasteiger partial charge in [0.25, 0.3) is 0 Å². The van der Waals surface area contributed by atoms with Crippen molar-refractivity contribution in [3.8, 4) is 0 Å². The smallest absolute Gasteiger partial charge is 0.0372 e. The molecule has 0 radical (unpaired) electrons. The predicted octanol–water partition coefficient (Wildman–Crippen LogP) is 2.01. The van der Waals surface area contributed by atoms with E-state index in [-0.39, 0.29) is 0 Å². The summed E-state index contributed by atoms with van der Waals surface area (Å²) < 4.78 is 0. The largest absolute Gasteiger partial charge is 0.384 e. The Morgan fingerprint density at radius 2 is 2.15 bits per heavy atom. The van der Waals surface area contributed by atoms with Gasteiger partial charge in [0, 0.05) is 26.0 Å². The first-order chi connectivity index (χ1) is 6.18. The van der Waals surface area contributed by atoms with Crippen LogP contribution in [0.1, 0.15) is 11.3 Å². The van der Waals surface area contributed by atoms with Gasteiger partial charge in [-0.15, -0.1) is 0 Å². The van der Waals surface area contributed by atoms with Gasteiger partial charge in [-0.25, -0.2) is 0 Å². The molecule has 0 aliphatic rings. The van der Waals surface area contributed by atoms with Crippen molar-refractivity contribution in [2.45, 2.75) is 13.3 Å². The van der Waals surface area contributed by atoms with Crippen LogP contribution >= 0.6 is 0 Å². The Morgan fingerprint density at radius 3 is 2.69 bits per heavy atom. The van der Waals surface area contributed by atoms with Gasteiger partial charge in [-0.1, -0.05) is 12.1 Å². The van der Waals surface area contributed by atoms with Gasteiger partial charge in [-0.2, -0.15) is 0 Å². The van der Waals surface area contributed by atoms with E-state index in [1.54, 1.807) is 0 Å². The normalized spacial score (nSPS) is 10.7. The van der Waals surface area contributed by atoms with E-state index < -0.39 is 0 Å². The highest BCUT2D eigenvalue weighted by Crippen LogP contribution is 2.00. The summed E-state index contributed by atoms with van der Waals surface area (Å²) in [6, 6.07) is 4.15. The molecule has 70 valence electrons. The Hall–Kier alpha value is -1.31. The lowest BCUT2D eigenvalue weighted by atomic mass is 10.2. The highest BCUT2D eigenvalue weighted by molar-refractivity contribution is 5.15. The van der Waals surface area contributed by atoms with Gasteiger partial charge >= 0.3 is 0 Å². The van der Waals surface area contributed by atoms with Crippen LogP contribution in [-0.2, 0) is 6.42 Å². The van der Waals surface area contributed by atoms with E-state index in [9.17, 15) is 0 Å². The molecule has 0 atom stereocenters. The monoisotopic (exact) mass is 176 g/mol. The summed E-state index contributed by atoms with van der Waals surface area (Å²) in [5, 5.41) is 0. The van der Waals surface area contributed by atoms with Crippen molar-refractivity contribution in [1.29, 1.82) is 0 Å². The third-order valence-electron chi connectivity index (χ3n) is 1.73. The molecule has 2 heteroatoms. The zero-order chi connectivity index (χ0) is 9.68. The molecule has 0 aromatic carbocycles. The molecule has 0 bridgehead atoms. The molecule has 0 saturated heterocycles. The third-order valence-corrected chi connectivity index (χ3v) is 1.73. The third kappa shape index (κ3) is 3.74. The summed E-state index contributed by atoms with van der Waals surface area (Å²) in [5.74, 6) is 0. The molecule has 0 aliphatic heterocycles. The van der Waals surface area contributed by atoms with E-state index in [1.165, 1.54) is 5.56 Å². The molecule has 0 unspecified atom stereocenters. The number of nitrogens with zero attached hydrogens (tertiary/aromatic N) is 2. The number of allylic oxidation sites excluding steroid dienone is 1. The zero-order valence-electron chi connectivity index (χ0n) is 8.49. The second kappa shape index (κ2) is 4.65. The molecule has 0 amide bonds. The highest BCUT2D eigenvalue weighted by atomic mass is 15.0. The van der Waals surface area contributed by atoms with Crippen LogP contribution in [0.4, 0.5) is 0 Å². The number of aromatic nitrogens is 1. The fourth-order valence-corrected chi connectivity index (χ4v) is 1.02. The molecule has 0 fully saturated rings. The minimum absolute atomic E-state index is 0.950. The Morgan fingerprint density at radius 1 is 1.38 bits per heavy atom. The van der Waals surface area contributed by atoms with E-state index >= 15 is 0 Å². The second-order valence-electron chi connectivity index (χ2n) is 3.36. The number of aryl methyl sites for hydroxylation is 1. The first kappa shape index (κ1) is 9.78. The topological polar surface area (TPSA) is 16.1 Å². The molecule has 0 spiro atoms. The minimum atomic E-state index is 0.950. The Labute approximate surface area is 79.9 Å².